The van der Waals surface area contributed by atoms with Gasteiger partial charge < -0.3 is 19.7 Å². The number of aromatic amines is 1. The Labute approximate surface area is 105 Å². The van der Waals surface area contributed by atoms with Crippen molar-refractivity contribution in [2.45, 2.75) is 18.4 Å². The number of nitriles is 1. The number of rotatable bonds is 2. The molecule has 96 valence electrons. The Hall–Kier alpha value is -2.00. The third kappa shape index (κ3) is 1.93. The highest BCUT2D eigenvalue weighted by Gasteiger charge is 2.41. The van der Waals surface area contributed by atoms with Crippen LogP contribution < -0.4 is 0 Å². The molecule has 18 heavy (non-hydrogen) atoms. The Morgan fingerprint density at radius 2 is 2.28 bits per heavy atom. The molecule has 0 radical (unpaired) electrons. The predicted octanol–water partition coefficient (Wildman–Crippen LogP) is 1.50. The van der Waals surface area contributed by atoms with E-state index in [0.717, 1.165) is 5.56 Å². The molecule has 1 aliphatic heterocycles. The van der Waals surface area contributed by atoms with Gasteiger partial charge in [-0.25, -0.2) is 4.79 Å². The molecule has 0 bridgehead atoms. The molecule has 1 fully saturated rings. The van der Waals surface area contributed by atoms with Gasteiger partial charge in [-0.15, -0.1) is 0 Å². The van der Waals surface area contributed by atoms with E-state index in [1.165, 1.54) is 4.90 Å². The van der Waals surface area contributed by atoms with Crippen LogP contribution >= 0.6 is 0 Å². The summed E-state index contributed by atoms with van der Waals surface area (Å²) in [5.41, 5.74) is 0.664. The fraction of sp³-hybridized carbons (Fsp3) is 0.500. The van der Waals surface area contributed by atoms with E-state index in [2.05, 4.69) is 4.98 Å². The molecule has 0 unspecified atom stereocenters. The Balaban J connectivity index is 2.41. The first-order chi connectivity index (χ1) is 8.60. The first-order valence-electron chi connectivity index (χ1n) is 5.73. The third-order valence-electron chi connectivity index (χ3n) is 3.59. The van der Waals surface area contributed by atoms with Crippen LogP contribution in [0, 0.1) is 11.3 Å². The van der Waals surface area contributed by atoms with Crippen LogP contribution in [0.25, 0.3) is 0 Å². The molecule has 2 rings (SSSR count). The normalized spacial score (nSPS) is 18.0. The molecular formula is C12H15N3O3. The highest BCUT2D eigenvalue weighted by atomic mass is 16.5. The lowest BCUT2D eigenvalue weighted by molar-refractivity contribution is -0.0135. The quantitative estimate of drug-likeness (QED) is 0.831. The van der Waals surface area contributed by atoms with E-state index >= 15 is 0 Å². The monoisotopic (exact) mass is 249 g/mol. The van der Waals surface area contributed by atoms with Crippen LogP contribution in [0.3, 0.4) is 0 Å². The van der Waals surface area contributed by atoms with Crippen LogP contribution in [0.2, 0.25) is 0 Å². The van der Waals surface area contributed by atoms with Gasteiger partial charge in [0.25, 0.3) is 0 Å². The molecule has 1 aromatic heterocycles. The van der Waals surface area contributed by atoms with Crippen molar-refractivity contribution in [3.63, 3.8) is 0 Å². The van der Waals surface area contributed by atoms with Crippen LogP contribution in [-0.4, -0.2) is 41.3 Å². The minimum atomic E-state index is -0.975. The van der Waals surface area contributed by atoms with Crippen LogP contribution in [0.4, 0.5) is 4.79 Å². The molecule has 1 amide bonds. The van der Waals surface area contributed by atoms with E-state index in [0.29, 0.717) is 31.7 Å². The highest BCUT2D eigenvalue weighted by molar-refractivity contribution is 5.66. The second kappa shape index (κ2) is 4.70. The number of ether oxygens (including phenoxy) is 1. The van der Waals surface area contributed by atoms with Crippen LogP contribution in [0.1, 0.15) is 24.1 Å². The van der Waals surface area contributed by atoms with E-state index in [9.17, 15) is 9.90 Å². The molecule has 1 aromatic rings. The summed E-state index contributed by atoms with van der Waals surface area (Å²) in [4.78, 5) is 15.4. The lowest BCUT2D eigenvalue weighted by Gasteiger charge is -2.42. The van der Waals surface area contributed by atoms with E-state index < -0.39 is 11.6 Å². The topological polar surface area (TPSA) is 89.4 Å². The lowest BCUT2D eigenvalue weighted by Crippen LogP contribution is -2.49. The summed E-state index contributed by atoms with van der Waals surface area (Å²) in [6.07, 6.45) is 1.93. The molecule has 6 heteroatoms. The van der Waals surface area contributed by atoms with Gasteiger partial charge in [0.15, 0.2) is 0 Å². The molecule has 0 spiro atoms. The molecule has 0 aromatic carbocycles. The van der Waals surface area contributed by atoms with E-state index in [4.69, 9.17) is 10.00 Å². The molecule has 1 aliphatic rings. The first-order valence-corrected chi connectivity index (χ1v) is 5.73. The summed E-state index contributed by atoms with van der Waals surface area (Å²) in [7, 11) is 1.56. The molecule has 0 aliphatic carbocycles. The van der Waals surface area contributed by atoms with E-state index in [-0.39, 0.29) is 0 Å². The Morgan fingerprint density at radius 1 is 1.61 bits per heavy atom. The number of amides is 1. The highest BCUT2D eigenvalue weighted by Crippen LogP contribution is 2.37. The summed E-state index contributed by atoms with van der Waals surface area (Å²) in [6, 6.07) is 3.73. The summed E-state index contributed by atoms with van der Waals surface area (Å²) < 4.78 is 5.31. The van der Waals surface area contributed by atoms with Crippen molar-refractivity contribution in [1.29, 1.82) is 5.26 Å². The number of hydrogen-bond donors (Lipinski definition) is 2. The maximum Gasteiger partial charge on any atom is 0.407 e. The first kappa shape index (κ1) is 12.5. The van der Waals surface area contributed by atoms with Crippen molar-refractivity contribution in [2.75, 3.05) is 20.3 Å². The minimum Gasteiger partial charge on any atom is -0.465 e. The zero-order valence-electron chi connectivity index (χ0n) is 10.1. The summed E-state index contributed by atoms with van der Waals surface area (Å²) >= 11 is 0. The summed E-state index contributed by atoms with van der Waals surface area (Å²) in [6.45, 7) is 1.04. The standard InChI is InChI=1S/C12H15N3O3/c1-15(11(16)17)12(2-4-18-5-3-12)9-6-10(7-13)14-8-9/h6,8,14H,2-5H2,1H3,(H,16,17). The Morgan fingerprint density at radius 3 is 2.78 bits per heavy atom. The number of aromatic nitrogens is 1. The number of carbonyl (C=O) groups is 1. The van der Waals surface area contributed by atoms with Crippen molar-refractivity contribution < 1.29 is 14.6 Å². The van der Waals surface area contributed by atoms with Gasteiger partial charge in [-0.3, -0.25) is 0 Å². The Kier molecular flexibility index (Phi) is 3.26. The van der Waals surface area contributed by atoms with Crippen molar-refractivity contribution >= 4 is 6.09 Å². The van der Waals surface area contributed by atoms with Crippen LogP contribution in [0.5, 0.6) is 0 Å². The molecule has 0 atom stereocenters. The second-order valence-electron chi connectivity index (χ2n) is 4.40. The molecule has 0 saturated carbocycles. The number of nitrogens with zero attached hydrogens (tertiary/aromatic N) is 2. The smallest absolute Gasteiger partial charge is 0.407 e. The third-order valence-corrected chi connectivity index (χ3v) is 3.59. The van der Waals surface area contributed by atoms with Crippen molar-refractivity contribution in [2.24, 2.45) is 0 Å². The van der Waals surface area contributed by atoms with Crippen LogP contribution in [0.15, 0.2) is 12.3 Å². The number of H-pyrrole nitrogens is 1. The van der Waals surface area contributed by atoms with E-state index in [1.54, 1.807) is 19.3 Å². The van der Waals surface area contributed by atoms with Crippen molar-refractivity contribution in [3.8, 4) is 6.07 Å². The SMILES string of the molecule is CN(C(=O)O)C1(c2c[nH]c(C#N)c2)CCOCC1. The number of hydrogen-bond acceptors (Lipinski definition) is 3. The Bertz CT molecular complexity index is 483. The molecule has 1 saturated heterocycles. The number of nitrogens with one attached hydrogen (secondary N) is 1. The fourth-order valence-electron chi connectivity index (χ4n) is 2.44. The van der Waals surface area contributed by atoms with Gasteiger partial charge in [0, 0.05) is 26.5 Å². The van der Waals surface area contributed by atoms with Gasteiger partial charge in [-0.1, -0.05) is 0 Å². The summed E-state index contributed by atoms with van der Waals surface area (Å²) in [5, 5.41) is 18.1. The average molecular weight is 249 g/mol. The molecule has 2 N–H and O–H groups in total. The maximum absolute atomic E-state index is 11.3. The van der Waals surface area contributed by atoms with E-state index in [1.807, 2.05) is 6.07 Å². The minimum absolute atomic E-state index is 0.439. The summed E-state index contributed by atoms with van der Waals surface area (Å²) in [5.74, 6) is 0. The maximum atomic E-state index is 11.3. The van der Waals surface area contributed by atoms with Gasteiger partial charge in [0.1, 0.15) is 11.8 Å². The van der Waals surface area contributed by atoms with Gasteiger partial charge in [0.05, 0.1) is 5.54 Å². The van der Waals surface area contributed by atoms with Gasteiger partial charge in [-0.2, -0.15) is 5.26 Å². The van der Waals surface area contributed by atoms with Gasteiger partial charge in [-0.05, 0) is 24.5 Å². The fourth-order valence-corrected chi connectivity index (χ4v) is 2.44. The van der Waals surface area contributed by atoms with Gasteiger partial charge >= 0.3 is 6.09 Å². The van der Waals surface area contributed by atoms with Gasteiger partial charge in [0.2, 0.25) is 0 Å². The van der Waals surface area contributed by atoms with Crippen molar-refractivity contribution in [3.05, 3.63) is 23.5 Å². The second-order valence-corrected chi connectivity index (χ2v) is 4.40. The zero-order valence-corrected chi connectivity index (χ0v) is 10.1. The molecular weight excluding hydrogens is 234 g/mol. The predicted molar refractivity (Wildman–Crippen MR) is 63.0 cm³/mol. The zero-order chi connectivity index (χ0) is 13.2. The largest absolute Gasteiger partial charge is 0.465 e. The number of carboxylic acid groups (broad SMARTS) is 1. The lowest BCUT2D eigenvalue weighted by atomic mass is 9.83. The van der Waals surface area contributed by atoms with Crippen LogP contribution in [-0.2, 0) is 10.3 Å². The van der Waals surface area contributed by atoms with Crippen molar-refractivity contribution in [1.82, 2.24) is 9.88 Å². The average Bonchev–Trinajstić information content (AvgIpc) is 2.87. The molecule has 2 heterocycles. The molecule has 6 nitrogen and oxygen atoms in total.